The molecule has 2 heterocycles. The van der Waals surface area contributed by atoms with Gasteiger partial charge < -0.3 is 4.57 Å². The molecule has 4 aromatic rings. The van der Waals surface area contributed by atoms with Crippen molar-refractivity contribution in [3.05, 3.63) is 71.8 Å². The van der Waals surface area contributed by atoms with Gasteiger partial charge in [-0.3, -0.25) is 9.69 Å². The van der Waals surface area contributed by atoms with Gasteiger partial charge in [-0.15, -0.1) is 0 Å². The highest BCUT2D eigenvalue weighted by Gasteiger charge is 2.23. The van der Waals surface area contributed by atoms with Crippen LogP contribution in [0.4, 0.5) is 5.13 Å². The SMILES string of the molecule is Cc1ccc(C)c2sc(N(CCCn3ccnc3)C(=O)c3cccc(S(C)(=O)=O)c3)nc12. The van der Waals surface area contributed by atoms with Crippen molar-refractivity contribution in [3.63, 3.8) is 0 Å². The number of sulfone groups is 1. The molecule has 9 heteroatoms. The second-order valence-corrected chi connectivity index (χ2v) is 10.8. The maximum atomic E-state index is 13.5. The van der Waals surface area contributed by atoms with Crippen molar-refractivity contribution in [3.8, 4) is 0 Å². The molecule has 2 aromatic heterocycles. The molecule has 0 aliphatic heterocycles. The van der Waals surface area contributed by atoms with E-state index in [0.29, 0.717) is 30.2 Å². The lowest BCUT2D eigenvalue weighted by atomic mass is 10.1. The zero-order valence-electron chi connectivity index (χ0n) is 18.1. The van der Waals surface area contributed by atoms with E-state index < -0.39 is 9.84 Å². The van der Waals surface area contributed by atoms with E-state index in [2.05, 4.69) is 11.1 Å². The molecular weight excluding hydrogens is 444 g/mol. The summed E-state index contributed by atoms with van der Waals surface area (Å²) in [5.74, 6) is -0.268. The molecule has 166 valence electrons. The third-order valence-electron chi connectivity index (χ3n) is 5.27. The Kier molecular flexibility index (Phi) is 6.12. The number of rotatable bonds is 7. The van der Waals surface area contributed by atoms with Crippen LogP contribution in [0.3, 0.4) is 0 Å². The fraction of sp³-hybridized carbons (Fsp3) is 0.261. The first-order valence-corrected chi connectivity index (χ1v) is 12.9. The normalized spacial score (nSPS) is 11.7. The molecule has 0 bridgehead atoms. The minimum absolute atomic E-state index is 0.123. The predicted octanol–water partition coefficient (Wildman–Crippen LogP) is 4.25. The standard InChI is InChI=1S/C23H24N4O3S2/c1-16-8-9-17(2)21-20(16)25-23(31-21)27(12-5-11-26-13-10-24-15-26)22(28)18-6-4-7-19(14-18)32(3,29)30/h4,6-10,13-15H,5,11-12H2,1-3H3. The van der Waals surface area contributed by atoms with Gasteiger partial charge in [-0.05, 0) is 49.6 Å². The van der Waals surface area contributed by atoms with Gasteiger partial charge in [0.15, 0.2) is 15.0 Å². The lowest BCUT2D eigenvalue weighted by Crippen LogP contribution is -2.32. The van der Waals surface area contributed by atoms with Crippen LogP contribution in [0.1, 0.15) is 27.9 Å². The van der Waals surface area contributed by atoms with E-state index in [4.69, 9.17) is 4.98 Å². The third kappa shape index (κ3) is 4.58. The van der Waals surface area contributed by atoms with E-state index in [1.165, 1.54) is 23.5 Å². The molecule has 4 rings (SSSR count). The summed E-state index contributed by atoms with van der Waals surface area (Å²) in [6, 6.07) is 10.3. The Hall–Kier alpha value is -3.04. The van der Waals surface area contributed by atoms with Gasteiger partial charge in [0, 0.05) is 37.3 Å². The van der Waals surface area contributed by atoms with Crippen LogP contribution in [0.15, 0.2) is 60.0 Å². The summed E-state index contributed by atoms with van der Waals surface area (Å²) in [5, 5.41) is 0.609. The van der Waals surface area contributed by atoms with Crippen LogP contribution in [0, 0.1) is 13.8 Å². The van der Waals surface area contributed by atoms with Gasteiger partial charge in [0.05, 0.1) is 21.4 Å². The van der Waals surface area contributed by atoms with Crippen LogP contribution in [0.25, 0.3) is 10.2 Å². The maximum absolute atomic E-state index is 13.5. The third-order valence-corrected chi connectivity index (χ3v) is 7.60. The molecule has 0 N–H and O–H groups in total. The molecule has 2 aromatic carbocycles. The van der Waals surface area contributed by atoms with Crippen LogP contribution >= 0.6 is 11.3 Å². The number of amides is 1. The van der Waals surface area contributed by atoms with E-state index in [1.54, 1.807) is 29.6 Å². The number of thiazole rings is 1. The van der Waals surface area contributed by atoms with E-state index in [1.807, 2.05) is 30.7 Å². The highest BCUT2D eigenvalue weighted by molar-refractivity contribution is 7.90. The predicted molar refractivity (Wildman–Crippen MR) is 127 cm³/mol. The molecule has 7 nitrogen and oxygen atoms in total. The Morgan fingerprint density at radius 2 is 1.94 bits per heavy atom. The van der Waals surface area contributed by atoms with Gasteiger partial charge in [-0.1, -0.05) is 29.5 Å². The molecular formula is C23H24N4O3S2. The number of nitrogens with zero attached hydrogens (tertiary/aromatic N) is 4. The van der Waals surface area contributed by atoms with Gasteiger partial charge in [0.25, 0.3) is 5.91 Å². The highest BCUT2D eigenvalue weighted by Crippen LogP contribution is 2.34. The Labute approximate surface area is 191 Å². The minimum atomic E-state index is -3.42. The summed E-state index contributed by atoms with van der Waals surface area (Å²) in [6.45, 7) is 5.19. The smallest absolute Gasteiger partial charge is 0.260 e. The number of hydrogen-bond acceptors (Lipinski definition) is 6. The van der Waals surface area contributed by atoms with Crippen molar-refractivity contribution >= 4 is 42.4 Å². The first-order chi connectivity index (χ1) is 15.2. The number of anilines is 1. The molecule has 0 aliphatic rings. The summed E-state index contributed by atoms with van der Waals surface area (Å²) < 4.78 is 27.0. The molecule has 0 radical (unpaired) electrons. The number of hydrogen-bond donors (Lipinski definition) is 0. The van der Waals surface area contributed by atoms with Crippen molar-refractivity contribution in [2.75, 3.05) is 17.7 Å². The second kappa shape index (κ2) is 8.84. The van der Waals surface area contributed by atoms with E-state index in [0.717, 1.165) is 27.6 Å². The molecule has 0 unspecified atom stereocenters. The van der Waals surface area contributed by atoms with Crippen molar-refractivity contribution in [1.29, 1.82) is 0 Å². The fourth-order valence-corrected chi connectivity index (χ4v) is 5.30. The summed E-state index contributed by atoms with van der Waals surface area (Å²) in [5.41, 5.74) is 3.38. The minimum Gasteiger partial charge on any atom is -0.337 e. The summed E-state index contributed by atoms with van der Waals surface area (Å²) in [6.07, 6.45) is 7.18. The first-order valence-electron chi connectivity index (χ1n) is 10.2. The number of carbonyl (C=O) groups is 1. The Balaban J connectivity index is 1.71. The number of carbonyl (C=O) groups excluding carboxylic acids is 1. The monoisotopic (exact) mass is 468 g/mol. The van der Waals surface area contributed by atoms with Crippen LogP contribution in [0.2, 0.25) is 0 Å². The van der Waals surface area contributed by atoms with Gasteiger partial charge >= 0.3 is 0 Å². The average molecular weight is 469 g/mol. The number of benzene rings is 2. The summed E-state index contributed by atoms with van der Waals surface area (Å²) >= 11 is 1.48. The lowest BCUT2D eigenvalue weighted by Gasteiger charge is -2.20. The van der Waals surface area contributed by atoms with Crippen LogP contribution in [-0.2, 0) is 16.4 Å². The molecule has 0 saturated carbocycles. The van der Waals surface area contributed by atoms with E-state index in [-0.39, 0.29) is 10.8 Å². The molecule has 0 spiro atoms. The molecule has 32 heavy (non-hydrogen) atoms. The van der Waals surface area contributed by atoms with E-state index >= 15 is 0 Å². The van der Waals surface area contributed by atoms with Crippen molar-refractivity contribution in [2.45, 2.75) is 31.7 Å². The Morgan fingerprint density at radius 1 is 1.16 bits per heavy atom. The lowest BCUT2D eigenvalue weighted by molar-refractivity contribution is 0.0986. The zero-order valence-corrected chi connectivity index (χ0v) is 19.8. The van der Waals surface area contributed by atoms with Gasteiger partial charge in [0.1, 0.15) is 0 Å². The Bertz CT molecular complexity index is 1340. The highest BCUT2D eigenvalue weighted by atomic mass is 32.2. The van der Waals surface area contributed by atoms with Crippen LogP contribution < -0.4 is 4.90 Å². The quantitative estimate of drug-likeness (QED) is 0.405. The van der Waals surface area contributed by atoms with Crippen LogP contribution in [-0.4, -0.2) is 41.7 Å². The zero-order chi connectivity index (χ0) is 22.9. The Morgan fingerprint density at radius 3 is 2.62 bits per heavy atom. The topological polar surface area (TPSA) is 85.2 Å². The molecule has 1 amide bonds. The van der Waals surface area contributed by atoms with E-state index in [9.17, 15) is 13.2 Å². The fourth-order valence-electron chi connectivity index (χ4n) is 3.49. The molecule has 0 aliphatic carbocycles. The summed E-state index contributed by atoms with van der Waals surface area (Å²) in [7, 11) is -3.42. The number of aryl methyl sites for hydroxylation is 3. The number of imidazole rings is 1. The average Bonchev–Trinajstić information content (AvgIpc) is 3.44. The second-order valence-electron chi connectivity index (χ2n) is 7.78. The molecule has 0 fully saturated rings. The van der Waals surface area contributed by atoms with Gasteiger partial charge in [-0.2, -0.15) is 0 Å². The number of aromatic nitrogens is 3. The largest absolute Gasteiger partial charge is 0.337 e. The van der Waals surface area contributed by atoms with Crippen molar-refractivity contribution < 1.29 is 13.2 Å². The first kappa shape index (κ1) is 22.2. The summed E-state index contributed by atoms with van der Waals surface area (Å²) in [4.78, 5) is 24.2. The number of fused-ring (bicyclic) bond motifs is 1. The van der Waals surface area contributed by atoms with Gasteiger partial charge in [-0.25, -0.2) is 18.4 Å². The van der Waals surface area contributed by atoms with Gasteiger partial charge in [0.2, 0.25) is 0 Å². The van der Waals surface area contributed by atoms with Crippen molar-refractivity contribution in [1.82, 2.24) is 14.5 Å². The molecule has 0 saturated heterocycles. The van der Waals surface area contributed by atoms with Crippen LogP contribution in [0.5, 0.6) is 0 Å². The van der Waals surface area contributed by atoms with Crippen molar-refractivity contribution in [2.24, 2.45) is 0 Å². The molecule has 0 atom stereocenters. The maximum Gasteiger partial charge on any atom is 0.260 e.